The van der Waals surface area contributed by atoms with Gasteiger partial charge in [0.25, 0.3) is 0 Å². The van der Waals surface area contributed by atoms with Crippen LogP contribution in [0.15, 0.2) is 40.3 Å². The summed E-state index contributed by atoms with van der Waals surface area (Å²) in [5, 5.41) is 9.92. The quantitative estimate of drug-likeness (QED) is 0.804. The van der Waals surface area contributed by atoms with Gasteiger partial charge in [0.1, 0.15) is 12.7 Å². The number of ether oxygens (including phenoxy) is 4. The fourth-order valence-corrected chi connectivity index (χ4v) is 2.73. The molecule has 0 radical (unpaired) electrons. The first-order chi connectivity index (χ1) is 10.9. The van der Waals surface area contributed by atoms with Gasteiger partial charge in [0.15, 0.2) is 17.7 Å². The van der Waals surface area contributed by atoms with E-state index in [1.54, 1.807) is 13.8 Å². The van der Waals surface area contributed by atoms with Crippen LogP contribution in [-0.4, -0.2) is 35.7 Å². The van der Waals surface area contributed by atoms with Gasteiger partial charge in [-0.05, 0) is 31.5 Å². The first kappa shape index (κ1) is 16.3. The molecule has 3 rings (SSSR count). The van der Waals surface area contributed by atoms with Gasteiger partial charge in [-0.3, -0.25) is 0 Å². The van der Waals surface area contributed by atoms with Crippen molar-refractivity contribution in [1.29, 1.82) is 0 Å². The molecule has 2 heterocycles. The van der Waals surface area contributed by atoms with Gasteiger partial charge in [-0.2, -0.15) is 0 Å². The third-order valence-corrected chi connectivity index (χ3v) is 4.12. The van der Waals surface area contributed by atoms with Crippen LogP contribution in [0.5, 0.6) is 0 Å². The third-order valence-electron chi connectivity index (χ3n) is 3.59. The zero-order valence-corrected chi connectivity index (χ0v) is 14.3. The average Bonchev–Trinajstić information content (AvgIpc) is 3.00. The minimum atomic E-state index is -0.811. The van der Waals surface area contributed by atoms with E-state index in [-0.39, 0.29) is 19.0 Å². The van der Waals surface area contributed by atoms with Crippen LogP contribution in [0.3, 0.4) is 0 Å². The van der Waals surface area contributed by atoms with Gasteiger partial charge in [-0.25, -0.2) is 4.79 Å². The Morgan fingerprint density at radius 2 is 2.04 bits per heavy atom. The second-order valence-corrected chi connectivity index (χ2v) is 6.74. The number of carbonyl (C=O) groups is 1. The maximum atomic E-state index is 11.7. The van der Waals surface area contributed by atoms with Crippen molar-refractivity contribution in [3.8, 4) is 0 Å². The maximum Gasteiger partial charge on any atom is 0.378 e. The Morgan fingerprint density at radius 1 is 1.35 bits per heavy atom. The van der Waals surface area contributed by atoms with Crippen molar-refractivity contribution in [3.63, 3.8) is 0 Å². The number of aliphatic hydroxyl groups excluding tert-OH is 1. The lowest BCUT2D eigenvalue weighted by Crippen LogP contribution is -2.33. The summed E-state index contributed by atoms with van der Waals surface area (Å²) in [5.74, 6) is -2.00. The van der Waals surface area contributed by atoms with Crippen molar-refractivity contribution in [2.75, 3.05) is 6.61 Å². The molecule has 124 valence electrons. The molecular formula is C16H17BrO6. The maximum absolute atomic E-state index is 11.7. The lowest BCUT2D eigenvalue weighted by molar-refractivity contribution is -0.163. The summed E-state index contributed by atoms with van der Waals surface area (Å²) in [6, 6.07) is 7.54. The Labute approximate surface area is 142 Å². The number of rotatable bonds is 4. The first-order valence-electron chi connectivity index (χ1n) is 7.19. The Kier molecular flexibility index (Phi) is 4.35. The van der Waals surface area contributed by atoms with Crippen LogP contribution in [0, 0.1) is 0 Å². The van der Waals surface area contributed by atoms with Gasteiger partial charge in [0.05, 0.1) is 6.61 Å². The normalized spacial score (nSPS) is 26.5. The topological polar surface area (TPSA) is 74.2 Å². The van der Waals surface area contributed by atoms with Gasteiger partial charge >= 0.3 is 5.97 Å². The molecule has 2 aliphatic rings. The van der Waals surface area contributed by atoms with Gasteiger partial charge < -0.3 is 24.1 Å². The monoisotopic (exact) mass is 384 g/mol. The van der Waals surface area contributed by atoms with Crippen LogP contribution >= 0.6 is 15.9 Å². The molecule has 1 saturated heterocycles. The van der Waals surface area contributed by atoms with E-state index in [2.05, 4.69) is 15.9 Å². The number of cyclic esters (lactones) is 1. The minimum absolute atomic E-state index is 0.0872. The van der Waals surface area contributed by atoms with Crippen molar-refractivity contribution in [2.45, 2.75) is 38.4 Å². The van der Waals surface area contributed by atoms with E-state index in [9.17, 15) is 9.90 Å². The fraction of sp³-hybridized carbons (Fsp3) is 0.438. The van der Waals surface area contributed by atoms with Crippen LogP contribution in [0.4, 0.5) is 0 Å². The number of esters is 1. The van der Waals surface area contributed by atoms with E-state index in [1.165, 1.54) is 0 Å². The zero-order chi connectivity index (χ0) is 16.6. The molecule has 0 aliphatic carbocycles. The molecule has 0 spiro atoms. The van der Waals surface area contributed by atoms with Gasteiger partial charge in [-0.15, -0.1) is 0 Å². The number of halogens is 1. The average molecular weight is 385 g/mol. The molecule has 7 heteroatoms. The number of hydrogen-bond donors (Lipinski definition) is 1. The highest BCUT2D eigenvalue weighted by atomic mass is 79.9. The number of hydrogen-bond acceptors (Lipinski definition) is 6. The first-order valence-corrected chi connectivity index (χ1v) is 7.98. The molecule has 2 atom stereocenters. The molecule has 1 aromatic carbocycles. The van der Waals surface area contributed by atoms with Gasteiger partial charge in [0, 0.05) is 4.47 Å². The summed E-state index contributed by atoms with van der Waals surface area (Å²) in [5.41, 5.74) is 0.899. The van der Waals surface area contributed by atoms with Crippen molar-refractivity contribution in [2.24, 2.45) is 0 Å². The SMILES string of the molecule is CC1(C)OC[C@H]([C@H]2OC(=O)C(O)=C2OCc2ccc(Br)cc2)O1. The van der Waals surface area contributed by atoms with Crippen molar-refractivity contribution in [3.05, 3.63) is 45.8 Å². The summed E-state index contributed by atoms with van der Waals surface area (Å²) >= 11 is 3.36. The molecule has 0 bridgehead atoms. The molecule has 6 nitrogen and oxygen atoms in total. The van der Waals surface area contributed by atoms with Crippen LogP contribution in [0.25, 0.3) is 0 Å². The van der Waals surface area contributed by atoms with Crippen LogP contribution < -0.4 is 0 Å². The smallest absolute Gasteiger partial charge is 0.378 e. The molecule has 0 amide bonds. The molecular weight excluding hydrogens is 368 g/mol. The van der Waals surface area contributed by atoms with Crippen molar-refractivity contribution >= 4 is 21.9 Å². The predicted molar refractivity (Wildman–Crippen MR) is 83.4 cm³/mol. The Balaban J connectivity index is 1.72. The van der Waals surface area contributed by atoms with E-state index < -0.39 is 29.7 Å². The largest absolute Gasteiger partial charge is 0.499 e. The van der Waals surface area contributed by atoms with Crippen LogP contribution in [0.1, 0.15) is 19.4 Å². The van der Waals surface area contributed by atoms with E-state index in [1.807, 2.05) is 24.3 Å². The summed E-state index contributed by atoms with van der Waals surface area (Å²) in [7, 11) is 0. The van der Waals surface area contributed by atoms with Gasteiger partial charge in [0.2, 0.25) is 5.76 Å². The van der Waals surface area contributed by atoms with E-state index in [4.69, 9.17) is 18.9 Å². The summed E-state index contributed by atoms with van der Waals surface area (Å²) < 4.78 is 22.9. The molecule has 0 saturated carbocycles. The Hall–Kier alpha value is -1.57. The zero-order valence-electron chi connectivity index (χ0n) is 12.7. The van der Waals surface area contributed by atoms with Gasteiger partial charge in [-0.1, -0.05) is 28.1 Å². The molecule has 0 unspecified atom stereocenters. The summed E-state index contributed by atoms with van der Waals surface area (Å²) in [6.07, 6.45) is -1.32. The van der Waals surface area contributed by atoms with E-state index >= 15 is 0 Å². The Morgan fingerprint density at radius 3 is 2.65 bits per heavy atom. The predicted octanol–water partition coefficient (Wildman–Crippen LogP) is 2.81. The summed E-state index contributed by atoms with van der Waals surface area (Å²) in [6.45, 7) is 4.01. The highest BCUT2D eigenvalue weighted by Crippen LogP contribution is 2.33. The van der Waals surface area contributed by atoms with E-state index in [0.29, 0.717) is 0 Å². The number of carbonyl (C=O) groups excluding carboxylic acids is 1. The highest BCUT2D eigenvalue weighted by molar-refractivity contribution is 9.10. The molecule has 1 aromatic rings. The number of aliphatic hydroxyl groups is 1. The molecule has 0 aromatic heterocycles. The van der Waals surface area contributed by atoms with E-state index in [0.717, 1.165) is 10.0 Å². The summed E-state index contributed by atoms with van der Waals surface area (Å²) in [4.78, 5) is 11.7. The molecule has 23 heavy (non-hydrogen) atoms. The highest BCUT2D eigenvalue weighted by Gasteiger charge is 2.47. The lowest BCUT2D eigenvalue weighted by atomic mass is 10.1. The standard InChI is InChI=1S/C16H17BrO6/c1-16(2)21-8-11(23-16)13-14(12(18)15(19)22-13)20-7-9-3-5-10(17)6-4-9/h3-6,11,13,18H,7-8H2,1-2H3/t11-,13-/m1/s1. The minimum Gasteiger partial charge on any atom is -0.499 e. The second kappa shape index (κ2) is 6.14. The third kappa shape index (κ3) is 3.52. The van der Waals surface area contributed by atoms with Crippen molar-refractivity contribution < 1.29 is 28.8 Å². The molecule has 2 aliphatic heterocycles. The molecule has 1 fully saturated rings. The fourth-order valence-electron chi connectivity index (χ4n) is 2.46. The number of benzene rings is 1. The second-order valence-electron chi connectivity index (χ2n) is 5.82. The van der Waals surface area contributed by atoms with Crippen LogP contribution in [-0.2, 0) is 30.3 Å². The Bertz CT molecular complexity index is 636. The van der Waals surface area contributed by atoms with Crippen molar-refractivity contribution in [1.82, 2.24) is 0 Å². The van der Waals surface area contributed by atoms with Crippen LogP contribution in [0.2, 0.25) is 0 Å². The molecule has 1 N–H and O–H groups in total. The lowest BCUT2D eigenvalue weighted by Gasteiger charge is -2.21.